The van der Waals surface area contributed by atoms with E-state index < -0.39 is 10.8 Å². The van der Waals surface area contributed by atoms with Crippen LogP contribution in [0.4, 0.5) is 0 Å². The first kappa shape index (κ1) is 15.2. The number of hydrogen-bond acceptors (Lipinski definition) is 3. The van der Waals surface area contributed by atoms with Gasteiger partial charge in [0.1, 0.15) is 6.17 Å². The second kappa shape index (κ2) is 6.50. The van der Waals surface area contributed by atoms with Gasteiger partial charge < -0.3 is 4.90 Å². The van der Waals surface area contributed by atoms with Crippen molar-refractivity contribution in [1.82, 2.24) is 10.2 Å². The van der Waals surface area contributed by atoms with E-state index >= 15 is 0 Å². The van der Waals surface area contributed by atoms with Gasteiger partial charge in [-0.25, -0.2) is 0 Å². The molecule has 1 saturated heterocycles. The van der Waals surface area contributed by atoms with Crippen molar-refractivity contribution in [2.75, 3.05) is 12.8 Å². The van der Waals surface area contributed by atoms with E-state index in [0.29, 0.717) is 6.54 Å². The van der Waals surface area contributed by atoms with Gasteiger partial charge >= 0.3 is 0 Å². The first-order valence-electron chi connectivity index (χ1n) is 6.98. The quantitative estimate of drug-likeness (QED) is 0.898. The smallest absolute Gasteiger partial charge is 0.241 e. The summed E-state index contributed by atoms with van der Waals surface area (Å²) < 4.78 is 11.6. The number of carbonyl (C=O) groups is 1. The summed E-state index contributed by atoms with van der Waals surface area (Å²) in [5.41, 5.74) is 1.07. The lowest BCUT2D eigenvalue weighted by Gasteiger charge is -2.26. The molecule has 0 aliphatic carbocycles. The fourth-order valence-electron chi connectivity index (χ4n) is 2.46. The number of carbonyl (C=O) groups excluding carboxylic acids is 1. The fourth-order valence-corrected chi connectivity index (χ4v) is 2.83. The third kappa shape index (κ3) is 3.10. The number of amides is 1. The predicted octanol–water partition coefficient (Wildman–Crippen LogP) is 1.66. The highest BCUT2D eigenvalue weighted by Crippen LogP contribution is 2.26. The van der Waals surface area contributed by atoms with Crippen LogP contribution in [0.1, 0.15) is 32.0 Å². The van der Waals surface area contributed by atoms with Gasteiger partial charge in [0.05, 0.1) is 6.04 Å². The van der Waals surface area contributed by atoms with E-state index in [2.05, 4.69) is 5.32 Å². The molecule has 4 unspecified atom stereocenters. The highest BCUT2D eigenvalue weighted by Gasteiger charge is 2.39. The van der Waals surface area contributed by atoms with Gasteiger partial charge in [-0.3, -0.25) is 14.3 Å². The lowest BCUT2D eigenvalue weighted by Crippen LogP contribution is -2.37. The number of hydrogen-bond donors (Lipinski definition) is 1. The SMILES string of the molecule is CCC1NC(c2ccccc2)N(CC(C)S(C)=O)C1=O. The molecule has 0 radical (unpaired) electrons. The number of nitrogens with zero attached hydrogens (tertiary/aromatic N) is 1. The summed E-state index contributed by atoms with van der Waals surface area (Å²) in [5, 5.41) is 3.35. The van der Waals surface area contributed by atoms with Gasteiger partial charge in [-0.15, -0.1) is 0 Å². The zero-order chi connectivity index (χ0) is 14.7. The zero-order valence-corrected chi connectivity index (χ0v) is 13.0. The molecule has 20 heavy (non-hydrogen) atoms. The molecule has 1 aliphatic heterocycles. The van der Waals surface area contributed by atoms with Gasteiger partial charge in [0.2, 0.25) is 5.91 Å². The van der Waals surface area contributed by atoms with Crippen molar-refractivity contribution in [3.05, 3.63) is 35.9 Å². The van der Waals surface area contributed by atoms with Crippen molar-refractivity contribution >= 4 is 16.7 Å². The van der Waals surface area contributed by atoms with Crippen molar-refractivity contribution < 1.29 is 9.00 Å². The van der Waals surface area contributed by atoms with Crippen LogP contribution in [-0.2, 0) is 15.6 Å². The fraction of sp³-hybridized carbons (Fsp3) is 0.533. The van der Waals surface area contributed by atoms with Crippen LogP contribution in [0.3, 0.4) is 0 Å². The third-order valence-electron chi connectivity index (χ3n) is 3.80. The Labute approximate surface area is 123 Å². The maximum atomic E-state index is 12.4. The number of benzene rings is 1. The summed E-state index contributed by atoms with van der Waals surface area (Å²) in [6.45, 7) is 4.44. The molecule has 0 saturated carbocycles. The third-order valence-corrected chi connectivity index (χ3v) is 5.08. The minimum Gasteiger partial charge on any atom is -0.320 e. The summed E-state index contributed by atoms with van der Waals surface area (Å²) >= 11 is 0. The van der Waals surface area contributed by atoms with Crippen LogP contribution in [0.15, 0.2) is 30.3 Å². The first-order valence-corrected chi connectivity index (χ1v) is 8.60. The maximum absolute atomic E-state index is 12.4. The summed E-state index contributed by atoms with van der Waals surface area (Å²) in [4.78, 5) is 14.3. The van der Waals surface area contributed by atoms with Gasteiger partial charge in [0.25, 0.3) is 0 Å². The minimum atomic E-state index is -0.927. The summed E-state index contributed by atoms with van der Waals surface area (Å²) in [6.07, 6.45) is 2.34. The second-order valence-corrected chi connectivity index (χ2v) is 7.04. The Hall–Kier alpha value is -1.20. The van der Waals surface area contributed by atoms with Crippen LogP contribution >= 0.6 is 0 Å². The Bertz CT molecular complexity index is 492. The Morgan fingerprint density at radius 2 is 2.00 bits per heavy atom. The molecule has 1 aromatic rings. The standard InChI is InChI=1S/C15H22N2O2S/c1-4-13-15(18)17(10-11(2)20(3)19)14(16-13)12-8-6-5-7-9-12/h5-9,11,13-14,16H,4,10H2,1-3H3. The van der Waals surface area contributed by atoms with Gasteiger partial charge in [-0.2, -0.15) is 0 Å². The summed E-state index contributed by atoms with van der Waals surface area (Å²) in [6, 6.07) is 9.80. The zero-order valence-electron chi connectivity index (χ0n) is 12.2. The highest BCUT2D eigenvalue weighted by atomic mass is 32.2. The number of nitrogens with one attached hydrogen (secondary N) is 1. The molecule has 4 nitrogen and oxygen atoms in total. The van der Waals surface area contributed by atoms with Gasteiger partial charge in [-0.05, 0) is 18.9 Å². The van der Waals surface area contributed by atoms with Crippen LogP contribution < -0.4 is 5.32 Å². The molecule has 1 amide bonds. The molecule has 110 valence electrons. The molecule has 5 heteroatoms. The normalized spacial score (nSPS) is 25.8. The molecule has 2 rings (SSSR count). The molecular weight excluding hydrogens is 272 g/mol. The highest BCUT2D eigenvalue weighted by molar-refractivity contribution is 7.84. The van der Waals surface area contributed by atoms with Crippen molar-refractivity contribution in [3.63, 3.8) is 0 Å². The van der Waals surface area contributed by atoms with Crippen molar-refractivity contribution in [2.45, 2.75) is 37.7 Å². The van der Waals surface area contributed by atoms with E-state index in [4.69, 9.17) is 0 Å². The second-order valence-electron chi connectivity index (χ2n) is 5.24. The molecule has 0 aromatic heterocycles. The first-order chi connectivity index (χ1) is 9.54. The van der Waals surface area contributed by atoms with Crippen LogP contribution in [0.5, 0.6) is 0 Å². The van der Waals surface area contributed by atoms with Gasteiger partial charge in [0.15, 0.2) is 0 Å². The maximum Gasteiger partial charge on any atom is 0.241 e. The van der Waals surface area contributed by atoms with E-state index in [-0.39, 0.29) is 23.4 Å². The average molecular weight is 294 g/mol. The molecular formula is C15H22N2O2S. The van der Waals surface area contributed by atoms with Crippen LogP contribution in [0.2, 0.25) is 0 Å². The lowest BCUT2D eigenvalue weighted by molar-refractivity contribution is -0.130. The minimum absolute atomic E-state index is 0.0254. The Kier molecular flexibility index (Phi) is 4.94. The summed E-state index contributed by atoms with van der Waals surface area (Å²) in [7, 11) is -0.927. The van der Waals surface area contributed by atoms with Crippen LogP contribution in [-0.4, -0.2) is 39.1 Å². The van der Waals surface area contributed by atoms with Crippen molar-refractivity contribution in [3.8, 4) is 0 Å². The Morgan fingerprint density at radius 3 is 2.55 bits per heavy atom. The summed E-state index contributed by atoms with van der Waals surface area (Å²) in [5.74, 6) is 0.110. The van der Waals surface area contributed by atoms with Crippen molar-refractivity contribution in [2.24, 2.45) is 0 Å². The van der Waals surface area contributed by atoms with E-state index in [1.165, 1.54) is 0 Å². The van der Waals surface area contributed by atoms with E-state index in [0.717, 1.165) is 12.0 Å². The van der Waals surface area contributed by atoms with Gasteiger partial charge in [0, 0.05) is 28.9 Å². The molecule has 1 heterocycles. The van der Waals surface area contributed by atoms with Gasteiger partial charge in [-0.1, -0.05) is 37.3 Å². The average Bonchev–Trinajstić information content (AvgIpc) is 2.76. The largest absolute Gasteiger partial charge is 0.320 e. The van der Waals surface area contributed by atoms with E-state index in [1.54, 1.807) is 6.26 Å². The van der Waals surface area contributed by atoms with Crippen molar-refractivity contribution in [1.29, 1.82) is 0 Å². The Balaban J connectivity index is 2.24. The molecule has 1 aromatic carbocycles. The lowest BCUT2D eigenvalue weighted by atomic mass is 10.1. The molecule has 1 aliphatic rings. The van der Waals surface area contributed by atoms with Crippen LogP contribution in [0.25, 0.3) is 0 Å². The molecule has 4 atom stereocenters. The van der Waals surface area contributed by atoms with E-state index in [1.807, 2.05) is 49.1 Å². The molecule has 0 bridgehead atoms. The Morgan fingerprint density at radius 1 is 1.35 bits per heavy atom. The topological polar surface area (TPSA) is 49.4 Å². The molecule has 0 spiro atoms. The molecule has 1 N–H and O–H groups in total. The predicted molar refractivity (Wildman–Crippen MR) is 81.6 cm³/mol. The monoisotopic (exact) mass is 294 g/mol. The van der Waals surface area contributed by atoms with Crippen LogP contribution in [0, 0.1) is 0 Å². The molecule has 1 fully saturated rings. The number of rotatable bonds is 5. The van der Waals surface area contributed by atoms with E-state index in [9.17, 15) is 9.00 Å².